The van der Waals surface area contributed by atoms with Crippen molar-refractivity contribution in [1.29, 1.82) is 0 Å². The number of carboxylic acids is 1. The molecule has 4 heteroatoms. The zero-order chi connectivity index (χ0) is 13.8. The Labute approximate surface area is 116 Å². The average molecular weight is 276 g/mol. The Hall–Kier alpha value is -1.81. The van der Waals surface area contributed by atoms with Gasteiger partial charge >= 0.3 is 5.97 Å². The molecule has 2 aromatic rings. The second-order valence-electron chi connectivity index (χ2n) is 4.30. The summed E-state index contributed by atoms with van der Waals surface area (Å²) in [5.41, 5.74) is 1.13. The molecule has 0 atom stereocenters. The highest BCUT2D eigenvalue weighted by molar-refractivity contribution is 7.11. The van der Waals surface area contributed by atoms with E-state index in [0.717, 1.165) is 17.7 Å². The van der Waals surface area contributed by atoms with Crippen LogP contribution in [0.4, 0.5) is 0 Å². The van der Waals surface area contributed by atoms with E-state index in [0.29, 0.717) is 6.61 Å². The average Bonchev–Trinajstić information content (AvgIpc) is 2.85. The van der Waals surface area contributed by atoms with E-state index in [-0.39, 0.29) is 5.56 Å². The van der Waals surface area contributed by atoms with E-state index < -0.39 is 5.97 Å². The molecule has 0 aliphatic carbocycles. The van der Waals surface area contributed by atoms with E-state index in [9.17, 15) is 4.79 Å². The van der Waals surface area contributed by atoms with Gasteiger partial charge in [-0.2, -0.15) is 0 Å². The summed E-state index contributed by atoms with van der Waals surface area (Å²) >= 11 is 1.75. The lowest BCUT2D eigenvalue weighted by Gasteiger charge is -2.08. The SMILES string of the molecule is CCc1ccc(COc2ccc(C(=O)O)cc2C)s1. The van der Waals surface area contributed by atoms with Crippen molar-refractivity contribution in [3.8, 4) is 5.75 Å². The minimum Gasteiger partial charge on any atom is -0.488 e. The number of aryl methyl sites for hydroxylation is 2. The van der Waals surface area contributed by atoms with Gasteiger partial charge in [0.15, 0.2) is 0 Å². The van der Waals surface area contributed by atoms with Crippen LogP contribution in [-0.4, -0.2) is 11.1 Å². The fraction of sp³-hybridized carbons (Fsp3) is 0.267. The van der Waals surface area contributed by atoms with Crippen LogP contribution in [-0.2, 0) is 13.0 Å². The van der Waals surface area contributed by atoms with Gasteiger partial charge in [-0.1, -0.05) is 6.92 Å². The second-order valence-corrected chi connectivity index (χ2v) is 5.55. The minimum absolute atomic E-state index is 0.286. The summed E-state index contributed by atoms with van der Waals surface area (Å²) in [4.78, 5) is 13.4. The summed E-state index contributed by atoms with van der Waals surface area (Å²) in [6.07, 6.45) is 1.04. The number of carbonyl (C=O) groups is 1. The molecule has 2 rings (SSSR count). The molecule has 100 valence electrons. The van der Waals surface area contributed by atoms with Gasteiger partial charge in [-0.05, 0) is 49.2 Å². The molecular formula is C15H16O3S. The summed E-state index contributed by atoms with van der Waals surface area (Å²) in [5.74, 6) is -0.183. The van der Waals surface area contributed by atoms with Gasteiger partial charge in [0.2, 0.25) is 0 Å². The zero-order valence-electron chi connectivity index (χ0n) is 11.0. The quantitative estimate of drug-likeness (QED) is 0.901. The Morgan fingerprint density at radius 1 is 1.26 bits per heavy atom. The number of aromatic carboxylic acids is 1. The summed E-state index contributed by atoms with van der Waals surface area (Å²) in [7, 11) is 0. The number of rotatable bonds is 5. The Bertz CT molecular complexity index is 587. The smallest absolute Gasteiger partial charge is 0.335 e. The Balaban J connectivity index is 2.05. The molecule has 0 unspecified atom stereocenters. The fourth-order valence-electron chi connectivity index (χ4n) is 1.78. The second kappa shape index (κ2) is 5.89. The van der Waals surface area contributed by atoms with Crippen LogP contribution in [0.1, 0.15) is 32.6 Å². The van der Waals surface area contributed by atoms with E-state index in [1.165, 1.54) is 9.75 Å². The molecule has 0 amide bonds. The Morgan fingerprint density at radius 3 is 2.58 bits per heavy atom. The molecular weight excluding hydrogens is 260 g/mol. The molecule has 1 aromatic carbocycles. The molecule has 0 aliphatic rings. The number of carboxylic acid groups (broad SMARTS) is 1. The van der Waals surface area contributed by atoms with Crippen molar-refractivity contribution in [2.75, 3.05) is 0 Å². The van der Waals surface area contributed by atoms with Crippen molar-refractivity contribution in [2.24, 2.45) is 0 Å². The standard InChI is InChI=1S/C15H16O3S/c1-3-12-5-6-13(19-12)9-18-14-7-4-11(15(16)17)8-10(14)2/h4-8H,3,9H2,1-2H3,(H,16,17). The summed E-state index contributed by atoms with van der Waals surface area (Å²) < 4.78 is 5.73. The molecule has 0 aliphatic heterocycles. The van der Waals surface area contributed by atoms with Gasteiger partial charge in [0.25, 0.3) is 0 Å². The maximum absolute atomic E-state index is 10.8. The van der Waals surface area contributed by atoms with E-state index in [1.807, 2.05) is 6.92 Å². The molecule has 1 heterocycles. The number of benzene rings is 1. The van der Waals surface area contributed by atoms with Crippen molar-refractivity contribution >= 4 is 17.3 Å². The minimum atomic E-state index is -0.916. The summed E-state index contributed by atoms with van der Waals surface area (Å²) in [6.45, 7) is 4.51. The molecule has 1 aromatic heterocycles. The first-order valence-electron chi connectivity index (χ1n) is 6.14. The lowest BCUT2D eigenvalue weighted by Crippen LogP contribution is -1.99. The highest BCUT2D eigenvalue weighted by atomic mass is 32.1. The zero-order valence-corrected chi connectivity index (χ0v) is 11.8. The highest BCUT2D eigenvalue weighted by Crippen LogP contribution is 2.23. The van der Waals surface area contributed by atoms with Gasteiger partial charge in [0.05, 0.1) is 5.56 Å². The van der Waals surface area contributed by atoms with Crippen molar-refractivity contribution in [3.05, 3.63) is 51.2 Å². The lowest BCUT2D eigenvalue weighted by molar-refractivity contribution is 0.0696. The molecule has 19 heavy (non-hydrogen) atoms. The molecule has 0 saturated carbocycles. The third-order valence-electron chi connectivity index (χ3n) is 2.86. The van der Waals surface area contributed by atoms with Crippen LogP contribution in [0.2, 0.25) is 0 Å². The number of hydrogen-bond acceptors (Lipinski definition) is 3. The highest BCUT2D eigenvalue weighted by Gasteiger charge is 2.07. The van der Waals surface area contributed by atoms with Gasteiger partial charge in [-0.25, -0.2) is 4.79 Å². The molecule has 0 spiro atoms. The Morgan fingerprint density at radius 2 is 2.00 bits per heavy atom. The van der Waals surface area contributed by atoms with Crippen LogP contribution in [0.15, 0.2) is 30.3 Å². The lowest BCUT2D eigenvalue weighted by atomic mass is 10.1. The maximum atomic E-state index is 10.8. The predicted octanol–water partition coefficient (Wildman–Crippen LogP) is 3.90. The molecule has 0 fully saturated rings. The van der Waals surface area contributed by atoms with Crippen LogP contribution < -0.4 is 4.74 Å². The number of ether oxygens (including phenoxy) is 1. The van der Waals surface area contributed by atoms with E-state index in [1.54, 1.807) is 29.5 Å². The van der Waals surface area contributed by atoms with E-state index in [4.69, 9.17) is 9.84 Å². The topological polar surface area (TPSA) is 46.5 Å². The Kier molecular flexibility index (Phi) is 4.22. The van der Waals surface area contributed by atoms with Crippen LogP contribution in [0.5, 0.6) is 5.75 Å². The van der Waals surface area contributed by atoms with Crippen LogP contribution >= 0.6 is 11.3 Å². The van der Waals surface area contributed by atoms with Crippen molar-refractivity contribution < 1.29 is 14.6 Å². The van der Waals surface area contributed by atoms with Gasteiger partial charge < -0.3 is 9.84 Å². The van der Waals surface area contributed by atoms with E-state index in [2.05, 4.69) is 19.1 Å². The molecule has 3 nitrogen and oxygen atoms in total. The first-order chi connectivity index (χ1) is 9.10. The van der Waals surface area contributed by atoms with E-state index >= 15 is 0 Å². The fourth-order valence-corrected chi connectivity index (χ4v) is 2.65. The van der Waals surface area contributed by atoms with Gasteiger partial charge in [-0.3, -0.25) is 0 Å². The predicted molar refractivity (Wildman–Crippen MR) is 76.2 cm³/mol. The van der Waals surface area contributed by atoms with Crippen LogP contribution in [0.3, 0.4) is 0 Å². The normalized spacial score (nSPS) is 10.4. The van der Waals surface area contributed by atoms with Crippen molar-refractivity contribution in [1.82, 2.24) is 0 Å². The van der Waals surface area contributed by atoms with Gasteiger partial charge in [-0.15, -0.1) is 11.3 Å². The molecule has 0 bridgehead atoms. The number of hydrogen-bond donors (Lipinski definition) is 1. The first-order valence-corrected chi connectivity index (χ1v) is 6.96. The van der Waals surface area contributed by atoms with Crippen molar-refractivity contribution in [3.63, 3.8) is 0 Å². The number of thiophene rings is 1. The summed E-state index contributed by atoms with van der Waals surface area (Å²) in [5, 5.41) is 8.90. The van der Waals surface area contributed by atoms with Crippen molar-refractivity contribution in [2.45, 2.75) is 26.9 Å². The van der Waals surface area contributed by atoms with Gasteiger partial charge in [0, 0.05) is 9.75 Å². The maximum Gasteiger partial charge on any atom is 0.335 e. The summed E-state index contributed by atoms with van der Waals surface area (Å²) in [6, 6.07) is 9.10. The molecule has 0 radical (unpaired) electrons. The third kappa shape index (κ3) is 3.35. The molecule has 0 saturated heterocycles. The molecule has 1 N–H and O–H groups in total. The van der Waals surface area contributed by atoms with Crippen LogP contribution in [0, 0.1) is 6.92 Å². The third-order valence-corrected chi connectivity index (χ3v) is 4.06. The van der Waals surface area contributed by atoms with Gasteiger partial charge in [0.1, 0.15) is 12.4 Å². The largest absolute Gasteiger partial charge is 0.488 e. The van der Waals surface area contributed by atoms with Crippen LogP contribution in [0.25, 0.3) is 0 Å². The first kappa shape index (κ1) is 13.6. The monoisotopic (exact) mass is 276 g/mol.